The number of hydrogen-bond donors (Lipinski definition) is 0. The third-order valence-electron chi connectivity index (χ3n) is 1.43. The van der Waals surface area contributed by atoms with Gasteiger partial charge in [0.05, 0.1) is 12.1 Å². The smallest absolute Gasteiger partial charge is 0.141 e. The first kappa shape index (κ1) is 12.1. The van der Waals surface area contributed by atoms with Crippen LogP contribution in [0.3, 0.4) is 0 Å². The molecule has 0 heterocycles. The van der Waals surface area contributed by atoms with Gasteiger partial charge in [-0.3, -0.25) is 0 Å². The summed E-state index contributed by atoms with van der Waals surface area (Å²) < 4.78 is 14.5. The monoisotopic (exact) mass is 331 g/mol. The first-order chi connectivity index (χ1) is 7.15. The van der Waals surface area contributed by atoms with Gasteiger partial charge in [-0.05, 0) is 33.6 Å². The van der Waals surface area contributed by atoms with Crippen molar-refractivity contribution in [2.75, 3.05) is 6.54 Å². The van der Waals surface area contributed by atoms with Crippen molar-refractivity contribution in [3.63, 3.8) is 0 Å². The lowest BCUT2D eigenvalue weighted by Gasteiger charge is -1.99. The quantitative estimate of drug-likeness (QED) is 0.323. The molecule has 0 aliphatic rings. The largest absolute Gasteiger partial charge is 0.206 e. The van der Waals surface area contributed by atoms with Crippen molar-refractivity contribution in [1.29, 1.82) is 0 Å². The van der Waals surface area contributed by atoms with Gasteiger partial charge in [-0.2, -0.15) is 0 Å². The zero-order chi connectivity index (χ0) is 11.3. The fourth-order valence-electron chi connectivity index (χ4n) is 0.857. The lowest BCUT2D eigenvalue weighted by Crippen LogP contribution is -1.86. The lowest BCUT2D eigenvalue weighted by atomic mass is 10.2. The summed E-state index contributed by atoms with van der Waals surface area (Å²) in [6.45, 7) is 0.0262. The Morgan fingerprint density at radius 3 is 2.80 bits per heavy atom. The third kappa shape index (κ3) is 3.56. The summed E-state index contributed by atoms with van der Waals surface area (Å²) in [6, 6.07) is 3.02. The van der Waals surface area contributed by atoms with Gasteiger partial charge in [0, 0.05) is 13.9 Å². The molecule has 3 nitrogen and oxygen atoms in total. The molecule has 0 unspecified atom stereocenters. The molecule has 6 heteroatoms. The van der Waals surface area contributed by atoms with Gasteiger partial charge in [0.15, 0.2) is 0 Å². The first-order valence-electron chi connectivity index (χ1n) is 3.79. The summed E-state index contributed by atoms with van der Waals surface area (Å²) in [4.78, 5) is 2.54. The Balaban J connectivity index is 3.02. The Bertz CT molecular complexity index is 461. The molecule has 0 fully saturated rings. The molecule has 0 saturated carbocycles. The van der Waals surface area contributed by atoms with Crippen LogP contribution in [0.5, 0.6) is 0 Å². The molecular weight excluding hydrogens is 329 g/mol. The van der Waals surface area contributed by atoms with Gasteiger partial charge in [0.1, 0.15) is 5.82 Å². The number of benzene rings is 1. The number of azide groups is 1. The van der Waals surface area contributed by atoms with Crippen molar-refractivity contribution in [2.24, 2.45) is 5.11 Å². The molecule has 0 saturated heterocycles. The molecular formula is C9H4Br2FN3. The van der Waals surface area contributed by atoms with Crippen LogP contribution in [-0.2, 0) is 0 Å². The standard InChI is InChI=1S/C9H4Br2FN3/c10-6-4-8(11)7(9(12)5-6)2-1-3-14-15-13/h4-5H,3H2. The van der Waals surface area contributed by atoms with E-state index in [0.717, 1.165) is 0 Å². The minimum atomic E-state index is -0.426. The van der Waals surface area contributed by atoms with E-state index in [9.17, 15) is 4.39 Å². The molecule has 1 rings (SSSR count). The molecule has 0 atom stereocenters. The molecule has 0 aliphatic heterocycles. The van der Waals surface area contributed by atoms with E-state index in [1.165, 1.54) is 6.07 Å². The predicted octanol–water partition coefficient (Wildman–Crippen LogP) is 4.01. The van der Waals surface area contributed by atoms with Crippen LogP contribution in [-0.4, -0.2) is 6.54 Å². The topological polar surface area (TPSA) is 48.8 Å². The Labute approximate surface area is 103 Å². The molecule has 1 aromatic rings. The Hall–Kier alpha value is -1.02. The summed E-state index contributed by atoms with van der Waals surface area (Å²) in [6.07, 6.45) is 0. The average molecular weight is 333 g/mol. The SMILES string of the molecule is [N-]=[N+]=NCC#Cc1c(F)cc(Br)cc1Br. The molecule has 0 amide bonds. The second-order valence-electron chi connectivity index (χ2n) is 2.44. The summed E-state index contributed by atoms with van der Waals surface area (Å²) in [5.41, 5.74) is 8.27. The summed E-state index contributed by atoms with van der Waals surface area (Å²) in [5, 5.41) is 3.22. The number of hydrogen-bond acceptors (Lipinski definition) is 1. The first-order valence-corrected chi connectivity index (χ1v) is 5.38. The van der Waals surface area contributed by atoms with E-state index in [-0.39, 0.29) is 12.1 Å². The highest BCUT2D eigenvalue weighted by Crippen LogP contribution is 2.24. The maximum absolute atomic E-state index is 13.4. The fraction of sp³-hybridized carbons (Fsp3) is 0.111. The molecule has 0 aromatic heterocycles. The molecule has 0 bridgehead atoms. The van der Waals surface area contributed by atoms with Crippen molar-refractivity contribution < 1.29 is 4.39 Å². The second-order valence-corrected chi connectivity index (χ2v) is 4.21. The van der Waals surface area contributed by atoms with Crippen LogP contribution in [0.4, 0.5) is 4.39 Å². The van der Waals surface area contributed by atoms with E-state index in [0.29, 0.717) is 8.95 Å². The van der Waals surface area contributed by atoms with Crippen molar-refractivity contribution in [1.82, 2.24) is 0 Å². The normalized spacial score (nSPS) is 8.73. The van der Waals surface area contributed by atoms with Gasteiger partial charge in [-0.1, -0.05) is 32.9 Å². The Kier molecular flexibility index (Phi) is 4.63. The summed E-state index contributed by atoms with van der Waals surface area (Å²) in [5.74, 6) is 4.71. The summed E-state index contributed by atoms with van der Waals surface area (Å²) in [7, 11) is 0. The van der Waals surface area contributed by atoms with Crippen LogP contribution >= 0.6 is 31.9 Å². The van der Waals surface area contributed by atoms with Gasteiger partial charge < -0.3 is 0 Å². The van der Waals surface area contributed by atoms with E-state index in [2.05, 4.69) is 53.7 Å². The zero-order valence-corrected chi connectivity index (χ0v) is 10.5. The van der Waals surface area contributed by atoms with Crippen LogP contribution in [0.15, 0.2) is 26.2 Å². The fourth-order valence-corrected chi connectivity index (χ4v) is 2.13. The molecule has 15 heavy (non-hydrogen) atoms. The maximum atomic E-state index is 13.4. The van der Waals surface area contributed by atoms with E-state index < -0.39 is 5.82 Å². The summed E-state index contributed by atoms with van der Waals surface area (Å²) >= 11 is 6.35. The van der Waals surface area contributed by atoms with Gasteiger partial charge in [0.2, 0.25) is 0 Å². The number of halogens is 3. The van der Waals surface area contributed by atoms with Gasteiger partial charge in [-0.15, -0.1) is 0 Å². The maximum Gasteiger partial charge on any atom is 0.141 e. The van der Waals surface area contributed by atoms with Crippen LogP contribution in [0.2, 0.25) is 0 Å². The third-order valence-corrected chi connectivity index (χ3v) is 2.52. The van der Waals surface area contributed by atoms with Gasteiger partial charge in [-0.25, -0.2) is 4.39 Å². The number of nitrogens with zero attached hydrogens (tertiary/aromatic N) is 3. The van der Waals surface area contributed by atoms with E-state index in [4.69, 9.17) is 5.53 Å². The zero-order valence-electron chi connectivity index (χ0n) is 7.34. The average Bonchev–Trinajstić information content (AvgIpc) is 2.15. The molecule has 1 aromatic carbocycles. The minimum absolute atomic E-state index is 0.0262. The molecule has 0 radical (unpaired) electrons. The van der Waals surface area contributed by atoms with Crippen molar-refractivity contribution >= 4 is 31.9 Å². The molecule has 0 spiro atoms. The lowest BCUT2D eigenvalue weighted by molar-refractivity contribution is 0.622. The van der Waals surface area contributed by atoms with Gasteiger partial charge >= 0.3 is 0 Å². The van der Waals surface area contributed by atoms with Crippen LogP contribution in [0.25, 0.3) is 10.4 Å². The molecule has 0 aliphatic carbocycles. The van der Waals surface area contributed by atoms with Crippen molar-refractivity contribution in [3.05, 3.63) is 42.9 Å². The molecule has 76 valence electrons. The molecule has 0 N–H and O–H groups in total. The highest BCUT2D eigenvalue weighted by atomic mass is 79.9. The Morgan fingerprint density at radius 2 is 2.20 bits per heavy atom. The van der Waals surface area contributed by atoms with Crippen LogP contribution in [0, 0.1) is 17.7 Å². The van der Waals surface area contributed by atoms with Crippen LogP contribution in [0.1, 0.15) is 5.56 Å². The van der Waals surface area contributed by atoms with Crippen molar-refractivity contribution in [3.8, 4) is 11.8 Å². The second kappa shape index (κ2) is 5.76. The predicted molar refractivity (Wildman–Crippen MR) is 62.7 cm³/mol. The van der Waals surface area contributed by atoms with E-state index >= 15 is 0 Å². The van der Waals surface area contributed by atoms with E-state index in [1.54, 1.807) is 6.07 Å². The van der Waals surface area contributed by atoms with E-state index in [1.807, 2.05) is 0 Å². The highest BCUT2D eigenvalue weighted by Gasteiger charge is 2.05. The Morgan fingerprint density at radius 1 is 1.47 bits per heavy atom. The number of rotatable bonds is 1. The van der Waals surface area contributed by atoms with Gasteiger partial charge in [0.25, 0.3) is 0 Å². The highest BCUT2D eigenvalue weighted by molar-refractivity contribution is 9.11. The van der Waals surface area contributed by atoms with Crippen molar-refractivity contribution in [2.45, 2.75) is 0 Å². The minimum Gasteiger partial charge on any atom is -0.206 e. The van der Waals surface area contributed by atoms with Crippen LogP contribution < -0.4 is 0 Å².